The predicted octanol–water partition coefficient (Wildman–Crippen LogP) is 4.36. The number of halogens is 1. The van der Waals surface area contributed by atoms with Crippen LogP contribution in [0.5, 0.6) is 11.5 Å². The maximum atomic E-state index is 12.2. The number of para-hydroxylation sites is 1. The minimum absolute atomic E-state index is 0.258. The molecule has 0 saturated carbocycles. The van der Waals surface area contributed by atoms with Crippen LogP contribution in [0, 0.1) is 0 Å². The number of cyclic esters (lactones) is 1. The van der Waals surface area contributed by atoms with Crippen LogP contribution in [-0.2, 0) is 14.3 Å². The minimum atomic E-state index is -0.478. The normalized spacial score (nSPS) is 14.8. The molecular formula is C20H15BrO5. The van der Waals surface area contributed by atoms with Crippen LogP contribution < -0.4 is 9.47 Å². The first-order chi connectivity index (χ1) is 12.5. The van der Waals surface area contributed by atoms with E-state index in [9.17, 15) is 9.59 Å². The molecule has 0 bridgehead atoms. The summed E-state index contributed by atoms with van der Waals surface area (Å²) in [6, 6.07) is 12.6. The van der Waals surface area contributed by atoms with Crippen molar-refractivity contribution in [1.82, 2.24) is 0 Å². The van der Waals surface area contributed by atoms with Gasteiger partial charge in [-0.05, 0) is 30.4 Å². The van der Waals surface area contributed by atoms with Crippen LogP contribution >= 0.6 is 15.9 Å². The highest BCUT2D eigenvalue weighted by atomic mass is 79.9. The Morgan fingerprint density at radius 1 is 1.15 bits per heavy atom. The molecule has 2 aromatic rings. The van der Waals surface area contributed by atoms with E-state index in [1.54, 1.807) is 30.4 Å². The number of hydrogen-bond acceptors (Lipinski definition) is 5. The van der Waals surface area contributed by atoms with Crippen LogP contribution in [0.4, 0.5) is 0 Å². The molecule has 0 fully saturated rings. The highest BCUT2D eigenvalue weighted by molar-refractivity contribution is 9.10. The second-order valence-corrected chi connectivity index (χ2v) is 6.39. The molecule has 2 aromatic carbocycles. The van der Waals surface area contributed by atoms with Gasteiger partial charge in [-0.15, -0.1) is 0 Å². The van der Waals surface area contributed by atoms with Crippen LogP contribution in [0.15, 0.2) is 58.6 Å². The van der Waals surface area contributed by atoms with Gasteiger partial charge in [0.25, 0.3) is 0 Å². The van der Waals surface area contributed by atoms with Gasteiger partial charge >= 0.3 is 11.9 Å². The fourth-order valence-electron chi connectivity index (χ4n) is 2.47. The summed E-state index contributed by atoms with van der Waals surface area (Å²) in [5.74, 6) is 0.172. The van der Waals surface area contributed by atoms with E-state index in [-0.39, 0.29) is 5.75 Å². The summed E-state index contributed by atoms with van der Waals surface area (Å²) in [6.07, 6.45) is 3.26. The molecule has 0 spiro atoms. The Balaban J connectivity index is 2.00. The molecule has 132 valence electrons. The van der Waals surface area contributed by atoms with Crippen molar-refractivity contribution >= 4 is 39.7 Å². The van der Waals surface area contributed by atoms with Gasteiger partial charge < -0.3 is 14.2 Å². The highest BCUT2D eigenvalue weighted by Crippen LogP contribution is 2.35. The molecule has 0 N–H and O–H groups in total. The van der Waals surface area contributed by atoms with Gasteiger partial charge in [-0.3, -0.25) is 4.79 Å². The Morgan fingerprint density at radius 2 is 1.88 bits per heavy atom. The van der Waals surface area contributed by atoms with Gasteiger partial charge in [-0.2, -0.15) is 0 Å². The van der Waals surface area contributed by atoms with Crippen LogP contribution in [0.3, 0.4) is 0 Å². The quantitative estimate of drug-likeness (QED) is 0.422. The van der Waals surface area contributed by atoms with Crippen molar-refractivity contribution in [2.24, 2.45) is 0 Å². The zero-order valence-corrected chi connectivity index (χ0v) is 15.7. The summed E-state index contributed by atoms with van der Waals surface area (Å²) in [7, 11) is 1.48. The maximum Gasteiger partial charge on any atom is 0.343 e. The monoisotopic (exact) mass is 414 g/mol. The molecule has 1 aliphatic heterocycles. The Bertz CT molecular complexity index is 926. The fourth-order valence-corrected chi connectivity index (χ4v) is 2.74. The average Bonchev–Trinajstić information content (AvgIpc) is 2.97. The lowest BCUT2D eigenvalue weighted by Crippen LogP contribution is -2.05. The van der Waals surface area contributed by atoms with Gasteiger partial charge in [-0.25, -0.2) is 4.79 Å². The number of hydrogen-bond donors (Lipinski definition) is 0. The summed E-state index contributed by atoms with van der Waals surface area (Å²) in [4.78, 5) is 23.6. The SMILES string of the molecule is COc1cccc(/C=C2/C=C(c3ccc(Br)cc3)OC2=O)c1OC(C)=O. The fraction of sp³-hybridized carbons (Fsp3) is 0.100. The number of rotatable bonds is 4. The summed E-state index contributed by atoms with van der Waals surface area (Å²) in [5, 5.41) is 0. The third kappa shape index (κ3) is 3.86. The summed E-state index contributed by atoms with van der Waals surface area (Å²) in [5.41, 5.74) is 1.68. The number of methoxy groups -OCH3 is 1. The van der Waals surface area contributed by atoms with Gasteiger partial charge in [0.1, 0.15) is 5.76 Å². The molecule has 0 saturated heterocycles. The molecular weight excluding hydrogens is 400 g/mol. The zero-order valence-electron chi connectivity index (χ0n) is 14.1. The predicted molar refractivity (Wildman–Crippen MR) is 100 cm³/mol. The maximum absolute atomic E-state index is 12.2. The van der Waals surface area contributed by atoms with E-state index in [4.69, 9.17) is 14.2 Å². The highest BCUT2D eigenvalue weighted by Gasteiger charge is 2.23. The van der Waals surface area contributed by atoms with Gasteiger partial charge in [0.2, 0.25) is 0 Å². The van der Waals surface area contributed by atoms with E-state index in [0.717, 1.165) is 10.0 Å². The molecule has 1 aliphatic rings. The molecule has 3 rings (SSSR count). The molecule has 0 atom stereocenters. The second-order valence-electron chi connectivity index (χ2n) is 5.48. The van der Waals surface area contributed by atoms with E-state index >= 15 is 0 Å². The van der Waals surface area contributed by atoms with E-state index in [1.165, 1.54) is 14.0 Å². The summed E-state index contributed by atoms with van der Waals surface area (Å²) < 4.78 is 16.8. The van der Waals surface area contributed by atoms with Crippen LogP contribution in [-0.4, -0.2) is 19.0 Å². The number of carbonyl (C=O) groups is 2. The van der Waals surface area contributed by atoms with Crippen LogP contribution in [0.25, 0.3) is 11.8 Å². The summed E-state index contributed by atoms with van der Waals surface area (Å²) >= 11 is 3.37. The third-order valence-electron chi connectivity index (χ3n) is 3.64. The molecule has 5 nitrogen and oxygen atoms in total. The van der Waals surface area contributed by atoms with Gasteiger partial charge in [0, 0.05) is 22.5 Å². The van der Waals surface area contributed by atoms with Crippen molar-refractivity contribution in [2.75, 3.05) is 7.11 Å². The van der Waals surface area contributed by atoms with E-state index in [0.29, 0.717) is 22.6 Å². The molecule has 0 radical (unpaired) electrons. The lowest BCUT2D eigenvalue weighted by molar-refractivity contribution is -0.132. The van der Waals surface area contributed by atoms with Crippen molar-refractivity contribution in [3.8, 4) is 11.5 Å². The molecule has 0 aromatic heterocycles. The lowest BCUT2D eigenvalue weighted by Gasteiger charge is -2.10. The molecule has 6 heteroatoms. The van der Waals surface area contributed by atoms with Gasteiger partial charge in [0.05, 0.1) is 12.7 Å². The molecule has 0 unspecified atom stereocenters. The molecule has 0 aliphatic carbocycles. The van der Waals surface area contributed by atoms with Crippen molar-refractivity contribution < 1.29 is 23.8 Å². The van der Waals surface area contributed by atoms with Crippen LogP contribution in [0.1, 0.15) is 18.1 Å². The first-order valence-corrected chi connectivity index (χ1v) is 8.54. The van der Waals surface area contributed by atoms with E-state index in [2.05, 4.69) is 15.9 Å². The topological polar surface area (TPSA) is 61.8 Å². The summed E-state index contributed by atoms with van der Waals surface area (Å²) in [6.45, 7) is 1.30. The van der Waals surface area contributed by atoms with E-state index in [1.807, 2.05) is 24.3 Å². The average molecular weight is 415 g/mol. The second kappa shape index (κ2) is 7.58. The van der Waals surface area contributed by atoms with Gasteiger partial charge in [0.15, 0.2) is 11.5 Å². The smallest absolute Gasteiger partial charge is 0.343 e. The number of esters is 2. The largest absolute Gasteiger partial charge is 0.493 e. The van der Waals surface area contributed by atoms with Crippen LogP contribution in [0.2, 0.25) is 0 Å². The Morgan fingerprint density at radius 3 is 2.54 bits per heavy atom. The molecule has 26 heavy (non-hydrogen) atoms. The van der Waals surface area contributed by atoms with E-state index < -0.39 is 11.9 Å². The Hall–Kier alpha value is -2.86. The van der Waals surface area contributed by atoms with Crippen molar-refractivity contribution in [3.63, 3.8) is 0 Å². The first-order valence-electron chi connectivity index (χ1n) is 7.75. The zero-order chi connectivity index (χ0) is 18.7. The van der Waals surface area contributed by atoms with Crippen molar-refractivity contribution in [3.05, 3.63) is 69.7 Å². The number of ether oxygens (including phenoxy) is 3. The molecule has 1 heterocycles. The standard InChI is InChI=1S/C20H15BrO5/c1-12(22)25-19-14(4-3-5-17(19)24-2)10-15-11-18(26-20(15)23)13-6-8-16(21)9-7-13/h3-11H,1-2H3/b15-10-. The Labute approximate surface area is 159 Å². The van der Waals surface area contributed by atoms with Crippen molar-refractivity contribution in [1.29, 1.82) is 0 Å². The first kappa shape index (κ1) is 17.9. The number of carbonyl (C=O) groups excluding carboxylic acids is 2. The molecule has 0 amide bonds. The Kier molecular flexibility index (Phi) is 5.23. The number of benzene rings is 2. The lowest BCUT2D eigenvalue weighted by atomic mass is 10.1. The van der Waals surface area contributed by atoms with Crippen molar-refractivity contribution in [2.45, 2.75) is 6.92 Å². The third-order valence-corrected chi connectivity index (χ3v) is 4.17. The minimum Gasteiger partial charge on any atom is -0.493 e. The van der Waals surface area contributed by atoms with Gasteiger partial charge in [-0.1, -0.05) is 40.2 Å².